The topological polar surface area (TPSA) is 72.0 Å². The number of nitrogens with zero attached hydrogens (tertiary/aromatic N) is 3. The van der Waals surface area contributed by atoms with Crippen molar-refractivity contribution in [1.29, 1.82) is 0 Å². The van der Waals surface area contributed by atoms with Gasteiger partial charge in [-0.05, 0) is 48.9 Å². The molecule has 0 aliphatic heterocycles. The molecule has 150 valence electrons. The largest absolute Gasteiger partial charge is 0.489 e. The summed E-state index contributed by atoms with van der Waals surface area (Å²) in [7, 11) is 0. The van der Waals surface area contributed by atoms with E-state index < -0.39 is 0 Å². The van der Waals surface area contributed by atoms with E-state index in [2.05, 4.69) is 25.6 Å². The minimum atomic E-state index is 0.546. The van der Waals surface area contributed by atoms with Crippen LogP contribution in [0.3, 0.4) is 0 Å². The number of ether oxygens (including phenoxy) is 1. The van der Waals surface area contributed by atoms with E-state index in [1.54, 1.807) is 6.20 Å². The molecule has 0 aliphatic carbocycles. The molecule has 0 bridgehead atoms. The fourth-order valence-electron chi connectivity index (χ4n) is 2.91. The summed E-state index contributed by atoms with van der Waals surface area (Å²) in [6.45, 7) is 3.06. The minimum Gasteiger partial charge on any atom is -0.489 e. The summed E-state index contributed by atoms with van der Waals surface area (Å²) in [6.07, 6.45) is 1.77. The molecule has 2 aromatic carbocycles. The lowest BCUT2D eigenvalue weighted by molar-refractivity contribution is 0.306. The van der Waals surface area contributed by atoms with Gasteiger partial charge in [0.05, 0.1) is 12.2 Å². The molecule has 6 nitrogen and oxygen atoms in total. The molecular weight excluding hydrogens is 374 g/mol. The summed E-state index contributed by atoms with van der Waals surface area (Å²) < 4.78 is 5.84. The maximum atomic E-state index is 5.84. The third kappa shape index (κ3) is 5.54. The Morgan fingerprint density at radius 3 is 2.43 bits per heavy atom. The van der Waals surface area contributed by atoms with Crippen LogP contribution < -0.4 is 15.4 Å². The van der Waals surface area contributed by atoms with Crippen molar-refractivity contribution in [3.63, 3.8) is 0 Å². The third-order valence-corrected chi connectivity index (χ3v) is 4.38. The second-order valence-electron chi connectivity index (χ2n) is 6.82. The van der Waals surface area contributed by atoms with Gasteiger partial charge >= 0.3 is 0 Å². The van der Waals surface area contributed by atoms with Gasteiger partial charge in [0, 0.05) is 23.6 Å². The number of nitrogens with one attached hydrogen (secondary N) is 2. The molecule has 0 saturated heterocycles. The number of pyridine rings is 1. The molecule has 0 fully saturated rings. The first-order valence-corrected chi connectivity index (χ1v) is 9.78. The van der Waals surface area contributed by atoms with Gasteiger partial charge in [-0.15, -0.1) is 0 Å². The van der Waals surface area contributed by atoms with E-state index in [4.69, 9.17) is 4.74 Å². The van der Waals surface area contributed by atoms with E-state index in [-0.39, 0.29) is 0 Å². The zero-order chi connectivity index (χ0) is 20.6. The Kier molecular flexibility index (Phi) is 6.15. The Labute approximate surface area is 176 Å². The number of aromatic nitrogens is 3. The van der Waals surface area contributed by atoms with Crippen LogP contribution in [0.5, 0.6) is 5.75 Å². The second-order valence-corrected chi connectivity index (χ2v) is 6.82. The van der Waals surface area contributed by atoms with Crippen LogP contribution in [0.4, 0.5) is 17.5 Å². The highest BCUT2D eigenvalue weighted by Gasteiger charge is 2.04. The lowest BCUT2D eigenvalue weighted by Gasteiger charge is -2.11. The normalized spacial score (nSPS) is 10.4. The first-order valence-electron chi connectivity index (χ1n) is 9.78. The van der Waals surface area contributed by atoms with E-state index in [1.165, 1.54) is 0 Å². The van der Waals surface area contributed by atoms with Crippen molar-refractivity contribution in [1.82, 2.24) is 15.0 Å². The SMILES string of the molecule is Cc1cc(Nc2ccc(OCc3ccccc3)cc2)nc(NCc2ccccn2)n1. The summed E-state index contributed by atoms with van der Waals surface area (Å²) in [6, 6.07) is 25.7. The summed E-state index contributed by atoms with van der Waals surface area (Å²) in [4.78, 5) is 13.3. The number of rotatable bonds is 8. The van der Waals surface area contributed by atoms with Crippen molar-refractivity contribution in [2.45, 2.75) is 20.1 Å². The first kappa shape index (κ1) is 19.4. The molecule has 0 amide bonds. The predicted octanol–water partition coefficient (Wildman–Crippen LogP) is 5.11. The Hall–Kier alpha value is -3.93. The highest BCUT2D eigenvalue weighted by atomic mass is 16.5. The molecule has 4 rings (SSSR count). The molecule has 0 unspecified atom stereocenters. The van der Waals surface area contributed by atoms with Gasteiger partial charge in [-0.25, -0.2) is 4.98 Å². The molecule has 2 aromatic heterocycles. The van der Waals surface area contributed by atoms with Crippen LogP contribution in [0.25, 0.3) is 0 Å². The fraction of sp³-hybridized carbons (Fsp3) is 0.125. The predicted molar refractivity (Wildman–Crippen MR) is 119 cm³/mol. The number of anilines is 3. The van der Waals surface area contributed by atoms with Crippen LogP contribution in [0.1, 0.15) is 17.0 Å². The van der Waals surface area contributed by atoms with Gasteiger partial charge in [0.15, 0.2) is 0 Å². The number of benzene rings is 2. The fourth-order valence-corrected chi connectivity index (χ4v) is 2.91. The molecule has 30 heavy (non-hydrogen) atoms. The van der Waals surface area contributed by atoms with Gasteiger partial charge in [0.1, 0.15) is 18.2 Å². The van der Waals surface area contributed by atoms with E-state index >= 15 is 0 Å². The Morgan fingerprint density at radius 2 is 1.67 bits per heavy atom. The molecule has 0 atom stereocenters. The summed E-state index contributed by atoms with van der Waals surface area (Å²) >= 11 is 0. The highest BCUT2D eigenvalue weighted by Crippen LogP contribution is 2.21. The van der Waals surface area contributed by atoms with Crippen molar-refractivity contribution in [2.24, 2.45) is 0 Å². The van der Waals surface area contributed by atoms with Crippen LogP contribution in [0.2, 0.25) is 0 Å². The van der Waals surface area contributed by atoms with Crippen molar-refractivity contribution >= 4 is 17.5 Å². The molecule has 2 heterocycles. The molecule has 0 radical (unpaired) electrons. The quantitative estimate of drug-likeness (QED) is 0.430. The monoisotopic (exact) mass is 397 g/mol. The van der Waals surface area contributed by atoms with Crippen LogP contribution in [-0.2, 0) is 13.2 Å². The molecule has 0 saturated carbocycles. The third-order valence-electron chi connectivity index (χ3n) is 4.38. The summed E-state index contributed by atoms with van der Waals surface area (Å²) in [5.41, 5.74) is 3.87. The van der Waals surface area contributed by atoms with Gasteiger partial charge in [0.25, 0.3) is 0 Å². The second kappa shape index (κ2) is 9.52. The van der Waals surface area contributed by atoms with Gasteiger partial charge in [-0.1, -0.05) is 36.4 Å². The molecule has 0 aliphatic rings. The molecule has 6 heteroatoms. The van der Waals surface area contributed by atoms with Crippen LogP contribution in [0, 0.1) is 6.92 Å². The maximum Gasteiger partial charge on any atom is 0.225 e. The first-order chi connectivity index (χ1) is 14.7. The Balaban J connectivity index is 1.37. The highest BCUT2D eigenvalue weighted by molar-refractivity contribution is 5.58. The number of aryl methyl sites for hydroxylation is 1. The van der Waals surface area contributed by atoms with Gasteiger partial charge < -0.3 is 15.4 Å². The smallest absolute Gasteiger partial charge is 0.225 e. The average Bonchev–Trinajstić information content (AvgIpc) is 2.78. The van der Waals surface area contributed by atoms with Crippen LogP contribution in [-0.4, -0.2) is 15.0 Å². The van der Waals surface area contributed by atoms with Crippen molar-refractivity contribution in [3.05, 3.63) is 102 Å². The molecule has 0 spiro atoms. The molecule has 4 aromatic rings. The number of hydrogen-bond donors (Lipinski definition) is 2. The zero-order valence-electron chi connectivity index (χ0n) is 16.7. The molecular formula is C24H23N5O. The average molecular weight is 397 g/mol. The van der Waals surface area contributed by atoms with E-state index in [9.17, 15) is 0 Å². The van der Waals surface area contributed by atoms with E-state index in [0.717, 1.165) is 34.2 Å². The van der Waals surface area contributed by atoms with Crippen molar-refractivity contribution in [2.75, 3.05) is 10.6 Å². The van der Waals surface area contributed by atoms with Crippen LogP contribution in [0.15, 0.2) is 85.1 Å². The summed E-state index contributed by atoms with van der Waals surface area (Å²) in [5.74, 6) is 2.11. The lowest BCUT2D eigenvalue weighted by Crippen LogP contribution is -2.07. The molecule has 2 N–H and O–H groups in total. The summed E-state index contributed by atoms with van der Waals surface area (Å²) in [5, 5.41) is 6.55. The van der Waals surface area contributed by atoms with Gasteiger partial charge in [0.2, 0.25) is 5.95 Å². The van der Waals surface area contributed by atoms with E-state index in [1.807, 2.05) is 85.8 Å². The van der Waals surface area contributed by atoms with Gasteiger partial charge in [-0.3, -0.25) is 4.98 Å². The standard InChI is InChI=1S/C24H23N5O/c1-18-15-23(29-24(27-18)26-16-21-9-5-6-14-25-21)28-20-10-12-22(13-11-20)30-17-19-7-3-2-4-8-19/h2-15H,16-17H2,1H3,(H2,26,27,28,29). The van der Waals surface area contributed by atoms with Crippen LogP contribution >= 0.6 is 0 Å². The van der Waals surface area contributed by atoms with E-state index in [0.29, 0.717) is 19.1 Å². The van der Waals surface area contributed by atoms with Crippen molar-refractivity contribution in [3.8, 4) is 5.75 Å². The Morgan fingerprint density at radius 1 is 0.867 bits per heavy atom. The maximum absolute atomic E-state index is 5.84. The van der Waals surface area contributed by atoms with Crippen molar-refractivity contribution < 1.29 is 4.74 Å². The zero-order valence-corrected chi connectivity index (χ0v) is 16.7. The Bertz CT molecular complexity index is 1070. The number of hydrogen-bond acceptors (Lipinski definition) is 6. The van der Waals surface area contributed by atoms with Gasteiger partial charge in [-0.2, -0.15) is 4.98 Å². The minimum absolute atomic E-state index is 0.546. The lowest BCUT2D eigenvalue weighted by atomic mass is 10.2.